The molecule has 1 aliphatic carbocycles. The van der Waals surface area contributed by atoms with Crippen LogP contribution in [0.15, 0.2) is 0 Å². The van der Waals surface area contributed by atoms with Crippen LogP contribution >= 0.6 is 23.2 Å². The summed E-state index contributed by atoms with van der Waals surface area (Å²) in [6.45, 7) is 0. The number of halogens is 4. The topological polar surface area (TPSA) is 0 Å². The fourth-order valence-corrected chi connectivity index (χ4v) is 0.911. The minimum absolute atomic E-state index is 0.165. The van der Waals surface area contributed by atoms with E-state index in [4.69, 9.17) is 23.2 Å². The second kappa shape index (κ2) is 1.48. The molecule has 4 heteroatoms. The summed E-state index contributed by atoms with van der Waals surface area (Å²) >= 11 is 10.4. The Bertz CT molecular complexity index is 115. The van der Waals surface area contributed by atoms with Gasteiger partial charge in [0.15, 0.2) is 0 Å². The fraction of sp³-hybridized carbons (Fsp3) is 1.00. The molecule has 0 saturated heterocycles. The van der Waals surface area contributed by atoms with Gasteiger partial charge in [-0.05, 0) is 0 Å². The van der Waals surface area contributed by atoms with Gasteiger partial charge in [-0.1, -0.05) is 0 Å². The van der Waals surface area contributed by atoms with E-state index in [0.717, 1.165) is 0 Å². The molecule has 8 heavy (non-hydrogen) atoms. The maximum atomic E-state index is 12.0. The number of hydrogen-bond acceptors (Lipinski definition) is 0. The van der Waals surface area contributed by atoms with Crippen molar-refractivity contribution in [1.82, 2.24) is 0 Å². The van der Waals surface area contributed by atoms with E-state index in [1.165, 1.54) is 0 Å². The molecule has 0 heterocycles. The predicted octanol–water partition coefficient (Wildman–Crippen LogP) is 2.24. The molecule has 0 N–H and O–H groups in total. The first-order chi connectivity index (χ1) is 3.52. The van der Waals surface area contributed by atoms with Crippen molar-refractivity contribution >= 4 is 23.2 Å². The Labute approximate surface area is 55.8 Å². The van der Waals surface area contributed by atoms with Crippen LogP contribution in [-0.2, 0) is 0 Å². The lowest BCUT2D eigenvalue weighted by Crippen LogP contribution is -2.11. The third kappa shape index (κ3) is 0.705. The Balaban J connectivity index is 2.55. The minimum atomic E-state index is -2.71. The summed E-state index contributed by atoms with van der Waals surface area (Å²) in [6.07, 6.45) is -0.273. The molecule has 0 amide bonds. The molecule has 1 saturated carbocycles. The lowest BCUT2D eigenvalue weighted by atomic mass is 10.5. The van der Waals surface area contributed by atoms with Crippen molar-refractivity contribution in [1.29, 1.82) is 0 Å². The van der Waals surface area contributed by atoms with Crippen LogP contribution in [0.5, 0.6) is 0 Å². The van der Waals surface area contributed by atoms with Gasteiger partial charge < -0.3 is 0 Å². The van der Waals surface area contributed by atoms with E-state index in [1.54, 1.807) is 0 Å². The Morgan fingerprint density at radius 3 is 1.88 bits per heavy atom. The standard InChI is InChI=1S/C4H4Cl2F2/c5-2-3(6)1-4(3,7)8/h1-2H2. The van der Waals surface area contributed by atoms with Gasteiger partial charge in [-0.2, -0.15) is 0 Å². The lowest BCUT2D eigenvalue weighted by Gasteiger charge is -1.98. The average Bonchev–Trinajstić information content (AvgIpc) is 2.10. The van der Waals surface area contributed by atoms with Crippen LogP contribution in [0.4, 0.5) is 8.78 Å². The van der Waals surface area contributed by atoms with Gasteiger partial charge in [-0.3, -0.25) is 0 Å². The van der Waals surface area contributed by atoms with E-state index in [1.807, 2.05) is 0 Å². The number of hydrogen-bond donors (Lipinski definition) is 0. The van der Waals surface area contributed by atoms with Gasteiger partial charge in [0.25, 0.3) is 5.92 Å². The monoisotopic (exact) mass is 160 g/mol. The second-order valence-electron chi connectivity index (χ2n) is 1.98. The van der Waals surface area contributed by atoms with E-state index in [9.17, 15) is 8.78 Å². The van der Waals surface area contributed by atoms with E-state index in [0.29, 0.717) is 0 Å². The van der Waals surface area contributed by atoms with Gasteiger partial charge in [0, 0.05) is 12.3 Å². The molecule has 0 aromatic rings. The molecular weight excluding hydrogens is 157 g/mol. The average molecular weight is 161 g/mol. The molecule has 48 valence electrons. The van der Waals surface area contributed by atoms with Crippen molar-refractivity contribution < 1.29 is 8.78 Å². The van der Waals surface area contributed by atoms with Crippen molar-refractivity contribution in [3.8, 4) is 0 Å². The molecule has 0 aromatic heterocycles. The maximum absolute atomic E-state index is 12.0. The molecular formula is C4H4Cl2F2. The molecule has 1 atom stereocenters. The first kappa shape index (κ1) is 6.56. The van der Waals surface area contributed by atoms with E-state index in [-0.39, 0.29) is 12.3 Å². The Hall–Kier alpha value is 0.440. The summed E-state index contributed by atoms with van der Waals surface area (Å²) in [4.78, 5) is -1.41. The van der Waals surface area contributed by atoms with Crippen LogP contribution in [0.1, 0.15) is 6.42 Å². The molecule has 1 rings (SSSR count). The van der Waals surface area contributed by atoms with Gasteiger partial charge in [0.05, 0.1) is 0 Å². The second-order valence-corrected chi connectivity index (χ2v) is 2.97. The van der Waals surface area contributed by atoms with E-state index >= 15 is 0 Å². The Morgan fingerprint density at radius 1 is 1.50 bits per heavy atom. The minimum Gasteiger partial charge on any atom is -0.205 e. The van der Waals surface area contributed by atoms with Gasteiger partial charge in [-0.15, -0.1) is 23.2 Å². The smallest absolute Gasteiger partial charge is 0.205 e. The third-order valence-corrected chi connectivity index (χ3v) is 2.38. The summed E-state index contributed by atoms with van der Waals surface area (Å²) in [7, 11) is 0. The maximum Gasteiger partial charge on any atom is 0.270 e. The molecule has 0 aliphatic heterocycles. The summed E-state index contributed by atoms with van der Waals surface area (Å²) in [6, 6.07) is 0. The highest BCUT2D eigenvalue weighted by Crippen LogP contribution is 2.58. The van der Waals surface area contributed by atoms with Crippen LogP contribution in [0.25, 0.3) is 0 Å². The molecule has 0 bridgehead atoms. The first-order valence-corrected chi connectivity index (χ1v) is 3.06. The molecule has 0 aromatic carbocycles. The quantitative estimate of drug-likeness (QED) is 0.517. The zero-order valence-corrected chi connectivity index (χ0v) is 5.44. The molecule has 1 fully saturated rings. The van der Waals surface area contributed by atoms with Crippen LogP contribution in [0, 0.1) is 0 Å². The van der Waals surface area contributed by atoms with E-state index in [2.05, 4.69) is 0 Å². The highest BCUT2D eigenvalue weighted by Gasteiger charge is 2.70. The SMILES string of the molecule is FC1(F)CC1(Cl)CCl. The van der Waals surface area contributed by atoms with Crippen LogP contribution in [-0.4, -0.2) is 16.7 Å². The van der Waals surface area contributed by atoms with Crippen molar-refractivity contribution in [2.24, 2.45) is 0 Å². The van der Waals surface area contributed by atoms with Crippen molar-refractivity contribution in [2.75, 3.05) is 5.88 Å². The van der Waals surface area contributed by atoms with Gasteiger partial charge >= 0.3 is 0 Å². The summed E-state index contributed by atoms with van der Waals surface area (Å²) < 4.78 is 23.9. The van der Waals surface area contributed by atoms with Crippen LogP contribution in [0.3, 0.4) is 0 Å². The van der Waals surface area contributed by atoms with Crippen LogP contribution in [0.2, 0.25) is 0 Å². The van der Waals surface area contributed by atoms with Crippen molar-refractivity contribution in [2.45, 2.75) is 17.2 Å². The zero-order valence-electron chi connectivity index (χ0n) is 3.93. The summed E-state index contributed by atoms with van der Waals surface area (Å²) in [5, 5.41) is 0. The zero-order chi connectivity index (χ0) is 6.41. The predicted molar refractivity (Wildman–Crippen MR) is 28.9 cm³/mol. The molecule has 1 unspecified atom stereocenters. The molecule has 0 nitrogen and oxygen atoms in total. The highest BCUT2D eigenvalue weighted by molar-refractivity contribution is 6.33. The molecule has 0 spiro atoms. The first-order valence-electron chi connectivity index (χ1n) is 2.14. The van der Waals surface area contributed by atoms with Crippen LogP contribution < -0.4 is 0 Å². The molecule has 0 radical (unpaired) electrons. The van der Waals surface area contributed by atoms with Gasteiger partial charge in [0.1, 0.15) is 4.87 Å². The van der Waals surface area contributed by atoms with E-state index < -0.39 is 10.8 Å². The lowest BCUT2D eigenvalue weighted by molar-refractivity contribution is 0.108. The van der Waals surface area contributed by atoms with Crippen molar-refractivity contribution in [3.63, 3.8) is 0 Å². The number of alkyl halides is 4. The fourth-order valence-electron chi connectivity index (χ4n) is 0.453. The normalized spacial score (nSPS) is 42.0. The van der Waals surface area contributed by atoms with Gasteiger partial charge in [0.2, 0.25) is 0 Å². The Morgan fingerprint density at radius 2 is 1.88 bits per heavy atom. The highest BCUT2D eigenvalue weighted by atomic mass is 35.5. The molecule has 1 aliphatic rings. The summed E-state index contributed by atoms with van der Waals surface area (Å²) in [5.41, 5.74) is 0. The van der Waals surface area contributed by atoms with Crippen molar-refractivity contribution in [3.05, 3.63) is 0 Å². The number of rotatable bonds is 1. The summed E-state index contributed by atoms with van der Waals surface area (Å²) in [5.74, 6) is -2.88. The largest absolute Gasteiger partial charge is 0.270 e. The Kier molecular flexibility index (Phi) is 1.21. The van der Waals surface area contributed by atoms with Gasteiger partial charge in [-0.25, -0.2) is 8.78 Å². The third-order valence-electron chi connectivity index (χ3n) is 1.24.